The van der Waals surface area contributed by atoms with Gasteiger partial charge in [-0.25, -0.2) is 0 Å². The monoisotopic (exact) mass is 374 g/mol. The minimum Gasteiger partial charge on any atom is -0.497 e. The van der Waals surface area contributed by atoms with Crippen molar-refractivity contribution in [1.82, 2.24) is 9.80 Å². The van der Waals surface area contributed by atoms with E-state index in [2.05, 4.69) is 0 Å². The number of piperazine rings is 1. The zero-order chi connectivity index (χ0) is 19.1. The molecule has 2 amide bonds. The number of carbonyl (C=O) groups excluding carboxylic acids is 2. The van der Waals surface area contributed by atoms with Crippen LogP contribution >= 0.6 is 0 Å². The van der Waals surface area contributed by atoms with Crippen molar-refractivity contribution in [3.63, 3.8) is 0 Å². The van der Waals surface area contributed by atoms with Gasteiger partial charge in [0, 0.05) is 32.6 Å². The first-order valence-corrected chi connectivity index (χ1v) is 9.98. The number of rotatable bonds is 7. The maximum atomic E-state index is 12.4. The number of carbonyl (C=O) groups is 2. The molecule has 0 bridgehead atoms. The second-order valence-corrected chi connectivity index (χ2v) is 7.41. The van der Waals surface area contributed by atoms with Crippen molar-refractivity contribution in [1.29, 1.82) is 0 Å². The zero-order valence-corrected chi connectivity index (χ0v) is 16.2. The SMILES string of the molecule is COc1ccc(OCC(=O)N2CCN(C(=O)CCC3CCCC3)CC2)cc1. The predicted molar refractivity (Wildman–Crippen MR) is 103 cm³/mol. The molecule has 1 aromatic rings. The second-order valence-electron chi connectivity index (χ2n) is 7.41. The highest BCUT2D eigenvalue weighted by Crippen LogP contribution is 2.28. The fraction of sp³-hybridized carbons (Fsp3) is 0.619. The fourth-order valence-electron chi connectivity index (χ4n) is 3.90. The average molecular weight is 374 g/mol. The summed E-state index contributed by atoms with van der Waals surface area (Å²) >= 11 is 0. The molecule has 0 atom stereocenters. The molecule has 1 aromatic carbocycles. The lowest BCUT2D eigenvalue weighted by Gasteiger charge is -2.35. The highest BCUT2D eigenvalue weighted by atomic mass is 16.5. The quantitative estimate of drug-likeness (QED) is 0.736. The fourth-order valence-corrected chi connectivity index (χ4v) is 3.90. The number of benzene rings is 1. The van der Waals surface area contributed by atoms with Crippen molar-refractivity contribution in [2.24, 2.45) is 5.92 Å². The number of ether oxygens (including phenoxy) is 2. The van der Waals surface area contributed by atoms with E-state index in [9.17, 15) is 9.59 Å². The van der Waals surface area contributed by atoms with Crippen LogP contribution in [0.3, 0.4) is 0 Å². The molecule has 0 spiro atoms. The summed E-state index contributed by atoms with van der Waals surface area (Å²) in [5.74, 6) is 2.34. The Balaban J connectivity index is 1.36. The van der Waals surface area contributed by atoms with Crippen molar-refractivity contribution < 1.29 is 19.1 Å². The van der Waals surface area contributed by atoms with Gasteiger partial charge in [0.15, 0.2) is 6.61 Å². The van der Waals surface area contributed by atoms with Gasteiger partial charge in [-0.05, 0) is 36.6 Å². The molecular formula is C21H30N2O4. The van der Waals surface area contributed by atoms with Crippen LogP contribution in [0.4, 0.5) is 0 Å². The molecule has 2 fully saturated rings. The number of hydrogen-bond donors (Lipinski definition) is 0. The van der Waals surface area contributed by atoms with Gasteiger partial charge in [0.1, 0.15) is 11.5 Å². The van der Waals surface area contributed by atoms with Crippen molar-refractivity contribution >= 4 is 11.8 Å². The molecular weight excluding hydrogens is 344 g/mol. The molecule has 1 saturated carbocycles. The molecule has 1 saturated heterocycles. The third-order valence-corrected chi connectivity index (χ3v) is 5.65. The molecule has 2 aliphatic rings. The Hall–Kier alpha value is -2.24. The number of hydrogen-bond acceptors (Lipinski definition) is 4. The average Bonchev–Trinajstić information content (AvgIpc) is 3.24. The summed E-state index contributed by atoms with van der Waals surface area (Å²) in [6.07, 6.45) is 6.87. The molecule has 1 aliphatic carbocycles. The lowest BCUT2D eigenvalue weighted by Crippen LogP contribution is -2.51. The number of amides is 2. The molecule has 0 radical (unpaired) electrons. The van der Waals surface area contributed by atoms with Crippen LogP contribution in [0, 0.1) is 5.92 Å². The number of nitrogens with zero attached hydrogens (tertiary/aromatic N) is 2. The first kappa shape index (κ1) is 19.5. The molecule has 148 valence electrons. The van der Waals surface area contributed by atoms with Crippen molar-refractivity contribution in [3.05, 3.63) is 24.3 Å². The summed E-state index contributed by atoms with van der Waals surface area (Å²) in [6.45, 7) is 2.43. The zero-order valence-electron chi connectivity index (χ0n) is 16.2. The topological polar surface area (TPSA) is 59.1 Å². The summed E-state index contributed by atoms with van der Waals surface area (Å²) in [7, 11) is 1.61. The van der Waals surface area contributed by atoms with Gasteiger partial charge < -0.3 is 19.3 Å². The smallest absolute Gasteiger partial charge is 0.260 e. The van der Waals surface area contributed by atoms with Gasteiger partial charge in [0.05, 0.1) is 7.11 Å². The van der Waals surface area contributed by atoms with Crippen molar-refractivity contribution in [2.75, 3.05) is 39.9 Å². The largest absolute Gasteiger partial charge is 0.497 e. The normalized spacial score (nSPS) is 17.8. The molecule has 3 rings (SSSR count). The van der Waals surface area contributed by atoms with Gasteiger partial charge in [-0.2, -0.15) is 0 Å². The minimum absolute atomic E-state index is 0.0158. The van der Waals surface area contributed by atoms with Crippen LogP contribution in [-0.4, -0.2) is 61.5 Å². The standard InChI is InChI=1S/C21H30N2O4/c1-26-18-7-9-19(10-8-18)27-16-21(25)23-14-12-22(13-15-23)20(24)11-6-17-4-2-3-5-17/h7-10,17H,2-6,11-16H2,1H3. The van der Waals surface area contributed by atoms with Gasteiger partial charge in [-0.3, -0.25) is 9.59 Å². The molecule has 27 heavy (non-hydrogen) atoms. The van der Waals surface area contributed by atoms with Gasteiger partial charge >= 0.3 is 0 Å². The molecule has 0 unspecified atom stereocenters. The molecule has 6 heteroatoms. The Labute approximate surface area is 161 Å². The summed E-state index contributed by atoms with van der Waals surface area (Å²) in [4.78, 5) is 28.4. The van der Waals surface area contributed by atoms with Gasteiger partial charge in [0.25, 0.3) is 5.91 Å². The van der Waals surface area contributed by atoms with Gasteiger partial charge in [-0.1, -0.05) is 25.7 Å². The van der Waals surface area contributed by atoms with Crippen LogP contribution in [-0.2, 0) is 9.59 Å². The van der Waals surface area contributed by atoms with Crippen LogP contribution in [0.2, 0.25) is 0 Å². The Kier molecular flexibility index (Phi) is 6.96. The third kappa shape index (κ3) is 5.62. The first-order chi connectivity index (χ1) is 13.2. The van der Waals surface area contributed by atoms with E-state index in [0.29, 0.717) is 38.3 Å². The maximum absolute atomic E-state index is 12.4. The van der Waals surface area contributed by atoms with Crippen LogP contribution < -0.4 is 9.47 Å². The van der Waals surface area contributed by atoms with E-state index >= 15 is 0 Å². The summed E-state index contributed by atoms with van der Waals surface area (Å²) < 4.78 is 10.7. The van der Waals surface area contributed by atoms with E-state index in [4.69, 9.17) is 9.47 Å². The molecule has 6 nitrogen and oxygen atoms in total. The lowest BCUT2D eigenvalue weighted by atomic mass is 10.0. The third-order valence-electron chi connectivity index (χ3n) is 5.65. The number of methoxy groups -OCH3 is 1. The van der Waals surface area contributed by atoms with Crippen LogP contribution in [0.5, 0.6) is 11.5 Å². The highest BCUT2D eigenvalue weighted by molar-refractivity contribution is 5.79. The first-order valence-electron chi connectivity index (χ1n) is 9.98. The molecule has 0 aromatic heterocycles. The van der Waals surface area contributed by atoms with Gasteiger partial charge in [-0.15, -0.1) is 0 Å². The van der Waals surface area contributed by atoms with E-state index in [1.54, 1.807) is 36.3 Å². The van der Waals surface area contributed by atoms with Crippen molar-refractivity contribution in [3.8, 4) is 11.5 Å². The molecule has 1 heterocycles. The molecule has 1 aliphatic heterocycles. The van der Waals surface area contributed by atoms with E-state index in [0.717, 1.165) is 18.1 Å². The minimum atomic E-state index is -0.0381. The maximum Gasteiger partial charge on any atom is 0.260 e. The van der Waals surface area contributed by atoms with Crippen molar-refractivity contribution in [2.45, 2.75) is 38.5 Å². The lowest BCUT2D eigenvalue weighted by molar-refractivity contribution is -0.140. The summed E-state index contributed by atoms with van der Waals surface area (Å²) in [5, 5.41) is 0. The van der Waals surface area contributed by atoms with E-state index in [-0.39, 0.29) is 18.4 Å². The van der Waals surface area contributed by atoms with E-state index < -0.39 is 0 Å². The van der Waals surface area contributed by atoms with Crippen LogP contribution in [0.25, 0.3) is 0 Å². The Morgan fingerprint density at radius 2 is 1.48 bits per heavy atom. The second kappa shape index (κ2) is 9.62. The van der Waals surface area contributed by atoms with Crippen LogP contribution in [0.1, 0.15) is 38.5 Å². The van der Waals surface area contributed by atoms with E-state index in [1.165, 1.54) is 25.7 Å². The Morgan fingerprint density at radius 1 is 0.926 bits per heavy atom. The van der Waals surface area contributed by atoms with Crippen LogP contribution in [0.15, 0.2) is 24.3 Å². The molecule has 0 N–H and O–H groups in total. The van der Waals surface area contributed by atoms with E-state index in [1.807, 2.05) is 4.90 Å². The summed E-state index contributed by atoms with van der Waals surface area (Å²) in [6, 6.07) is 7.17. The van der Waals surface area contributed by atoms with Gasteiger partial charge in [0.2, 0.25) is 5.91 Å². The highest BCUT2D eigenvalue weighted by Gasteiger charge is 2.25. The predicted octanol–water partition coefficient (Wildman–Crippen LogP) is 2.72. The Morgan fingerprint density at radius 3 is 2.07 bits per heavy atom. The Bertz CT molecular complexity index is 618. The summed E-state index contributed by atoms with van der Waals surface area (Å²) in [5.41, 5.74) is 0.